The molecule has 0 aliphatic rings. The summed E-state index contributed by atoms with van der Waals surface area (Å²) in [5, 5.41) is 5.31. The van der Waals surface area contributed by atoms with Crippen molar-refractivity contribution in [1.29, 1.82) is 0 Å². The molecule has 6 heteroatoms. The third kappa shape index (κ3) is 3.41. The lowest BCUT2D eigenvalue weighted by atomic mass is 10.4. The smallest absolute Gasteiger partial charge is 0.130 e. The summed E-state index contributed by atoms with van der Waals surface area (Å²) in [6.07, 6.45) is 6.56. The van der Waals surface area contributed by atoms with Crippen LogP contribution < -0.4 is 5.32 Å². The lowest BCUT2D eigenvalue weighted by Crippen LogP contribution is -2.01. The number of rotatable bonds is 5. The van der Waals surface area contributed by atoms with Crippen molar-refractivity contribution in [2.45, 2.75) is 24.9 Å². The SMILES string of the molecule is CCc1cnc(CNc2cc(SC)ncn2)s1. The third-order valence-electron chi connectivity index (χ3n) is 2.22. The van der Waals surface area contributed by atoms with E-state index in [1.807, 2.05) is 18.5 Å². The normalized spacial score (nSPS) is 10.5. The molecule has 0 spiro atoms. The van der Waals surface area contributed by atoms with Crippen molar-refractivity contribution in [2.24, 2.45) is 0 Å². The average molecular weight is 266 g/mol. The van der Waals surface area contributed by atoms with E-state index in [2.05, 4.69) is 27.2 Å². The highest BCUT2D eigenvalue weighted by molar-refractivity contribution is 7.98. The highest BCUT2D eigenvalue weighted by Gasteiger charge is 2.01. The minimum absolute atomic E-state index is 0.718. The number of thiazole rings is 1. The van der Waals surface area contributed by atoms with Crippen LogP contribution in [-0.4, -0.2) is 21.2 Å². The number of hydrogen-bond donors (Lipinski definition) is 1. The molecule has 0 aromatic carbocycles. The van der Waals surface area contributed by atoms with Gasteiger partial charge in [0.1, 0.15) is 22.2 Å². The second-order valence-electron chi connectivity index (χ2n) is 3.37. The van der Waals surface area contributed by atoms with Crippen LogP contribution in [-0.2, 0) is 13.0 Å². The van der Waals surface area contributed by atoms with Crippen molar-refractivity contribution in [3.05, 3.63) is 28.5 Å². The number of hydrogen-bond acceptors (Lipinski definition) is 6. The van der Waals surface area contributed by atoms with Gasteiger partial charge < -0.3 is 5.32 Å². The largest absolute Gasteiger partial charge is 0.363 e. The monoisotopic (exact) mass is 266 g/mol. The van der Waals surface area contributed by atoms with Gasteiger partial charge in [0.25, 0.3) is 0 Å². The molecule has 2 rings (SSSR count). The third-order valence-corrected chi connectivity index (χ3v) is 4.00. The Kier molecular flexibility index (Phi) is 4.33. The summed E-state index contributed by atoms with van der Waals surface area (Å²) in [6.45, 7) is 2.86. The molecule has 0 fully saturated rings. The lowest BCUT2D eigenvalue weighted by molar-refractivity contribution is 1.01. The number of nitrogens with one attached hydrogen (secondary N) is 1. The van der Waals surface area contributed by atoms with E-state index in [-0.39, 0.29) is 0 Å². The van der Waals surface area contributed by atoms with Gasteiger partial charge in [-0.1, -0.05) is 6.92 Å². The molecule has 0 unspecified atom stereocenters. The Morgan fingerprint density at radius 2 is 2.24 bits per heavy atom. The van der Waals surface area contributed by atoms with E-state index < -0.39 is 0 Å². The quantitative estimate of drug-likeness (QED) is 0.666. The topological polar surface area (TPSA) is 50.7 Å². The summed E-state index contributed by atoms with van der Waals surface area (Å²) >= 11 is 3.35. The fraction of sp³-hybridized carbons (Fsp3) is 0.364. The fourth-order valence-corrected chi connectivity index (χ4v) is 2.49. The van der Waals surface area contributed by atoms with Crippen LogP contribution in [0.5, 0.6) is 0 Å². The molecule has 0 saturated carbocycles. The van der Waals surface area contributed by atoms with Gasteiger partial charge in [-0.25, -0.2) is 15.0 Å². The Hall–Kier alpha value is -1.14. The van der Waals surface area contributed by atoms with E-state index in [0.717, 1.165) is 28.8 Å². The molecule has 2 aromatic rings. The molecule has 1 N–H and O–H groups in total. The van der Waals surface area contributed by atoms with Gasteiger partial charge >= 0.3 is 0 Å². The molecular formula is C11H14N4S2. The molecule has 0 aliphatic carbocycles. The first-order valence-corrected chi connectivity index (χ1v) is 7.39. The minimum Gasteiger partial charge on any atom is -0.363 e. The Bertz CT molecular complexity index is 484. The predicted molar refractivity (Wildman–Crippen MR) is 72.6 cm³/mol. The molecule has 0 bridgehead atoms. The van der Waals surface area contributed by atoms with Crippen LogP contribution in [0.1, 0.15) is 16.8 Å². The fourth-order valence-electron chi connectivity index (χ4n) is 1.31. The molecule has 4 nitrogen and oxygen atoms in total. The minimum atomic E-state index is 0.718. The molecule has 0 atom stereocenters. The van der Waals surface area contributed by atoms with Gasteiger partial charge in [0.2, 0.25) is 0 Å². The van der Waals surface area contributed by atoms with Crippen LogP contribution in [0, 0.1) is 0 Å². The Balaban J connectivity index is 1.96. The summed E-state index contributed by atoms with van der Waals surface area (Å²) in [4.78, 5) is 14.0. The highest BCUT2D eigenvalue weighted by Crippen LogP contribution is 2.17. The molecule has 2 heterocycles. The van der Waals surface area contributed by atoms with Crippen LogP contribution in [0.15, 0.2) is 23.6 Å². The summed E-state index contributed by atoms with van der Waals surface area (Å²) < 4.78 is 0. The maximum Gasteiger partial charge on any atom is 0.130 e. The Labute approximate surface area is 109 Å². The molecule has 0 amide bonds. The van der Waals surface area contributed by atoms with E-state index in [0.29, 0.717) is 0 Å². The van der Waals surface area contributed by atoms with Crippen molar-refractivity contribution in [3.63, 3.8) is 0 Å². The van der Waals surface area contributed by atoms with Gasteiger partial charge in [-0.3, -0.25) is 0 Å². The molecular weight excluding hydrogens is 252 g/mol. The first-order valence-electron chi connectivity index (χ1n) is 5.35. The van der Waals surface area contributed by atoms with E-state index in [1.165, 1.54) is 4.88 Å². The lowest BCUT2D eigenvalue weighted by Gasteiger charge is -2.03. The zero-order valence-corrected chi connectivity index (χ0v) is 11.4. The number of anilines is 1. The van der Waals surface area contributed by atoms with Gasteiger partial charge in [0.05, 0.1) is 6.54 Å². The van der Waals surface area contributed by atoms with Gasteiger partial charge in [-0.05, 0) is 12.7 Å². The molecule has 90 valence electrons. The van der Waals surface area contributed by atoms with Gasteiger partial charge in [-0.2, -0.15) is 0 Å². The van der Waals surface area contributed by atoms with E-state index in [9.17, 15) is 0 Å². The molecule has 0 saturated heterocycles. The second-order valence-corrected chi connectivity index (χ2v) is 5.40. The van der Waals surface area contributed by atoms with Crippen molar-refractivity contribution in [3.8, 4) is 0 Å². The van der Waals surface area contributed by atoms with Crippen molar-refractivity contribution in [2.75, 3.05) is 11.6 Å². The van der Waals surface area contributed by atoms with E-state index in [1.54, 1.807) is 29.4 Å². The van der Waals surface area contributed by atoms with Crippen molar-refractivity contribution < 1.29 is 0 Å². The first-order chi connectivity index (χ1) is 8.31. The Morgan fingerprint density at radius 3 is 2.94 bits per heavy atom. The van der Waals surface area contributed by atoms with Crippen LogP contribution in [0.4, 0.5) is 5.82 Å². The summed E-state index contributed by atoms with van der Waals surface area (Å²) in [5.41, 5.74) is 0. The molecule has 17 heavy (non-hydrogen) atoms. The maximum absolute atomic E-state index is 4.35. The van der Waals surface area contributed by atoms with Gasteiger partial charge in [0, 0.05) is 17.1 Å². The van der Waals surface area contributed by atoms with Crippen molar-refractivity contribution in [1.82, 2.24) is 15.0 Å². The van der Waals surface area contributed by atoms with E-state index >= 15 is 0 Å². The van der Waals surface area contributed by atoms with E-state index in [4.69, 9.17) is 0 Å². The van der Waals surface area contributed by atoms with Gasteiger partial charge in [0.15, 0.2) is 0 Å². The highest BCUT2D eigenvalue weighted by atomic mass is 32.2. The van der Waals surface area contributed by atoms with Gasteiger partial charge in [-0.15, -0.1) is 23.1 Å². The standard InChI is InChI=1S/C11H14N4S2/c1-3-8-5-13-11(17-8)6-12-9-4-10(16-2)15-7-14-9/h4-5,7H,3,6H2,1-2H3,(H,12,14,15). The number of aromatic nitrogens is 3. The summed E-state index contributed by atoms with van der Waals surface area (Å²) in [6, 6.07) is 1.94. The number of aryl methyl sites for hydroxylation is 1. The zero-order valence-electron chi connectivity index (χ0n) is 9.80. The Morgan fingerprint density at radius 1 is 1.35 bits per heavy atom. The first kappa shape index (κ1) is 12.3. The van der Waals surface area contributed by atoms with Crippen LogP contribution >= 0.6 is 23.1 Å². The predicted octanol–water partition coefficient (Wildman–Crippen LogP) is 2.83. The summed E-state index contributed by atoms with van der Waals surface area (Å²) in [5.74, 6) is 0.845. The zero-order chi connectivity index (χ0) is 12.1. The molecule has 0 radical (unpaired) electrons. The molecule has 2 aromatic heterocycles. The van der Waals surface area contributed by atoms with Crippen molar-refractivity contribution >= 4 is 28.9 Å². The van der Waals surface area contributed by atoms with Crippen LogP contribution in [0.3, 0.4) is 0 Å². The molecule has 0 aliphatic heterocycles. The number of thioether (sulfide) groups is 1. The summed E-state index contributed by atoms with van der Waals surface area (Å²) in [7, 11) is 0. The maximum atomic E-state index is 4.35. The number of nitrogens with zero attached hydrogens (tertiary/aromatic N) is 3. The average Bonchev–Trinajstić information content (AvgIpc) is 2.84. The van der Waals surface area contributed by atoms with Crippen LogP contribution in [0.2, 0.25) is 0 Å². The second kappa shape index (κ2) is 5.97. The van der Waals surface area contributed by atoms with Crippen LogP contribution in [0.25, 0.3) is 0 Å².